The summed E-state index contributed by atoms with van der Waals surface area (Å²) >= 11 is 0. The minimum atomic E-state index is -0.122. The van der Waals surface area contributed by atoms with Crippen LogP contribution in [0.5, 0.6) is 0 Å². The highest BCUT2D eigenvalue weighted by molar-refractivity contribution is 4.81. The van der Waals surface area contributed by atoms with Crippen LogP contribution in [0.15, 0.2) is 0 Å². The molecule has 2 nitrogen and oxygen atoms in total. The van der Waals surface area contributed by atoms with Crippen LogP contribution in [0.3, 0.4) is 0 Å². The van der Waals surface area contributed by atoms with Gasteiger partial charge >= 0.3 is 0 Å². The molecule has 1 fully saturated rings. The summed E-state index contributed by atoms with van der Waals surface area (Å²) in [6.07, 6.45) is 5.84. The lowest BCUT2D eigenvalue weighted by Gasteiger charge is -2.40. The number of aliphatic hydroxyl groups excluding tert-OH is 1. The van der Waals surface area contributed by atoms with Crippen molar-refractivity contribution in [3.8, 4) is 0 Å². The zero-order valence-electron chi connectivity index (χ0n) is 9.87. The standard InChI is InChI=1S/C12H25NO/c1-4-6-12(14)9-13-10(2)7-5-8-11(13)3/h10-12,14H,4-9H2,1-3H3/t10-,11+,12?. The van der Waals surface area contributed by atoms with Crippen molar-refractivity contribution < 1.29 is 5.11 Å². The van der Waals surface area contributed by atoms with Gasteiger partial charge in [0.1, 0.15) is 0 Å². The molecule has 0 aromatic carbocycles. The lowest BCUT2D eigenvalue weighted by Crippen LogP contribution is -2.47. The number of rotatable bonds is 4. The topological polar surface area (TPSA) is 23.5 Å². The molecule has 1 unspecified atom stereocenters. The number of aliphatic hydroxyl groups is 1. The Labute approximate surface area is 88.3 Å². The maximum Gasteiger partial charge on any atom is 0.0667 e. The monoisotopic (exact) mass is 199 g/mol. The molecule has 0 spiro atoms. The molecule has 0 bridgehead atoms. The van der Waals surface area contributed by atoms with Gasteiger partial charge in [-0.25, -0.2) is 0 Å². The van der Waals surface area contributed by atoms with Crippen molar-refractivity contribution in [2.45, 2.75) is 71.1 Å². The highest BCUT2D eigenvalue weighted by Crippen LogP contribution is 2.22. The third-order valence-electron chi connectivity index (χ3n) is 3.42. The number of hydrogen-bond acceptors (Lipinski definition) is 2. The van der Waals surface area contributed by atoms with Gasteiger partial charge in [-0.2, -0.15) is 0 Å². The van der Waals surface area contributed by atoms with Crippen LogP contribution < -0.4 is 0 Å². The smallest absolute Gasteiger partial charge is 0.0667 e. The van der Waals surface area contributed by atoms with Crippen LogP contribution >= 0.6 is 0 Å². The Morgan fingerprint density at radius 1 is 1.29 bits per heavy atom. The normalized spacial score (nSPS) is 31.7. The van der Waals surface area contributed by atoms with Crippen LogP contribution in [0.2, 0.25) is 0 Å². The molecule has 1 N–H and O–H groups in total. The second kappa shape index (κ2) is 5.72. The van der Waals surface area contributed by atoms with E-state index in [1.807, 2.05) is 0 Å². The van der Waals surface area contributed by atoms with E-state index in [4.69, 9.17) is 0 Å². The minimum absolute atomic E-state index is 0.122. The van der Waals surface area contributed by atoms with Crippen LogP contribution in [0.25, 0.3) is 0 Å². The summed E-state index contributed by atoms with van der Waals surface area (Å²) in [5, 5.41) is 9.80. The third-order valence-corrected chi connectivity index (χ3v) is 3.42. The van der Waals surface area contributed by atoms with Gasteiger partial charge < -0.3 is 5.11 Å². The molecule has 0 radical (unpaired) electrons. The van der Waals surface area contributed by atoms with Crippen molar-refractivity contribution in [2.75, 3.05) is 6.54 Å². The summed E-state index contributed by atoms with van der Waals surface area (Å²) in [6, 6.07) is 1.32. The van der Waals surface area contributed by atoms with Gasteiger partial charge in [0.05, 0.1) is 6.10 Å². The van der Waals surface area contributed by atoms with E-state index in [0.717, 1.165) is 19.4 Å². The molecule has 1 rings (SSSR count). The predicted molar refractivity (Wildman–Crippen MR) is 60.4 cm³/mol. The van der Waals surface area contributed by atoms with Crippen molar-refractivity contribution in [1.29, 1.82) is 0 Å². The van der Waals surface area contributed by atoms with Gasteiger partial charge in [0.25, 0.3) is 0 Å². The highest BCUT2D eigenvalue weighted by atomic mass is 16.3. The van der Waals surface area contributed by atoms with Crippen LogP contribution in [0.4, 0.5) is 0 Å². The van der Waals surface area contributed by atoms with Gasteiger partial charge in [0.2, 0.25) is 0 Å². The molecule has 3 atom stereocenters. The average molecular weight is 199 g/mol. The van der Waals surface area contributed by atoms with E-state index in [1.54, 1.807) is 0 Å². The Hall–Kier alpha value is -0.0800. The van der Waals surface area contributed by atoms with Crippen LogP contribution in [0.1, 0.15) is 52.9 Å². The molecule has 0 aromatic heterocycles. The van der Waals surface area contributed by atoms with Crippen molar-refractivity contribution in [3.63, 3.8) is 0 Å². The maximum absolute atomic E-state index is 9.80. The summed E-state index contributed by atoms with van der Waals surface area (Å²) in [6.45, 7) is 7.57. The van der Waals surface area contributed by atoms with E-state index in [1.165, 1.54) is 19.3 Å². The second-order valence-electron chi connectivity index (χ2n) is 4.77. The zero-order chi connectivity index (χ0) is 10.6. The van der Waals surface area contributed by atoms with E-state index in [9.17, 15) is 5.11 Å². The van der Waals surface area contributed by atoms with E-state index in [2.05, 4.69) is 25.7 Å². The molecule has 1 aliphatic heterocycles. The fraction of sp³-hybridized carbons (Fsp3) is 1.00. The number of hydrogen-bond donors (Lipinski definition) is 1. The molecule has 84 valence electrons. The molecule has 0 aliphatic carbocycles. The van der Waals surface area contributed by atoms with E-state index in [-0.39, 0.29) is 6.10 Å². The first kappa shape index (κ1) is 12.0. The first-order chi connectivity index (χ1) is 6.65. The highest BCUT2D eigenvalue weighted by Gasteiger charge is 2.25. The Morgan fingerprint density at radius 2 is 1.86 bits per heavy atom. The summed E-state index contributed by atoms with van der Waals surface area (Å²) in [7, 11) is 0. The Bertz CT molecular complexity index is 150. The molecule has 1 saturated heterocycles. The fourth-order valence-electron chi connectivity index (χ4n) is 2.50. The summed E-state index contributed by atoms with van der Waals surface area (Å²) < 4.78 is 0. The summed E-state index contributed by atoms with van der Waals surface area (Å²) in [5.74, 6) is 0. The van der Waals surface area contributed by atoms with Gasteiger partial charge in [0.15, 0.2) is 0 Å². The average Bonchev–Trinajstić information content (AvgIpc) is 2.12. The molecule has 14 heavy (non-hydrogen) atoms. The molecule has 0 saturated carbocycles. The van der Waals surface area contributed by atoms with Gasteiger partial charge in [-0.1, -0.05) is 19.8 Å². The lowest BCUT2D eigenvalue weighted by atomic mass is 9.97. The van der Waals surface area contributed by atoms with Gasteiger partial charge in [-0.3, -0.25) is 4.90 Å². The van der Waals surface area contributed by atoms with Crippen LogP contribution in [-0.4, -0.2) is 34.7 Å². The number of likely N-dealkylation sites (tertiary alicyclic amines) is 1. The number of β-amino-alcohol motifs (C(OH)–C–C–N with tert-alkyl or cyclic N) is 1. The Morgan fingerprint density at radius 3 is 2.36 bits per heavy atom. The van der Waals surface area contributed by atoms with E-state index >= 15 is 0 Å². The predicted octanol–water partition coefficient (Wildman–Crippen LogP) is 2.41. The fourth-order valence-corrected chi connectivity index (χ4v) is 2.50. The quantitative estimate of drug-likeness (QED) is 0.751. The third kappa shape index (κ3) is 3.25. The van der Waals surface area contributed by atoms with Crippen LogP contribution in [0, 0.1) is 0 Å². The van der Waals surface area contributed by atoms with Crippen molar-refractivity contribution >= 4 is 0 Å². The Balaban J connectivity index is 2.39. The molecule has 2 heteroatoms. The number of piperidine rings is 1. The first-order valence-corrected chi connectivity index (χ1v) is 6.09. The number of nitrogens with zero attached hydrogens (tertiary/aromatic N) is 1. The first-order valence-electron chi connectivity index (χ1n) is 6.09. The molecule has 1 aliphatic rings. The van der Waals surface area contributed by atoms with E-state index < -0.39 is 0 Å². The second-order valence-corrected chi connectivity index (χ2v) is 4.77. The lowest BCUT2D eigenvalue weighted by molar-refractivity contribution is 0.0381. The minimum Gasteiger partial charge on any atom is -0.392 e. The largest absolute Gasteiger partial charge is 0.392 e. The molecular formula is C12H25NO. The van der Waals surface area contributed by atoms with Gasteiger partial charge in [-0.15, -0.1) is 0 Å². The molecular weight excluding hydrogens is 174 g/mol. The van der Waals surface area contributed by atoms with Crippen molar-refractivity contribution in [2.24, 2.45) is 0 Å². The summed E-state index contributed by atoms with van der Waals surface area (Å²) in [4.78, 5) is 2.48. The van der Waals surface area contributed by atoms with Crippen molar-refractivity contribution in [3.05, 3.63) is 0 Å². The SMILES string of the molecule is CCCC(O)CN1[C@H](C)CCC[C@@H]1C. The van der Waals surface area contributed by atoms with Crippen LogP contribution in [-0.2, 0) is 0 Å². The molecule has 0 aromatic rings. The van der Waals surface area contributed by atoms with Crippen molar-refractivity contribution in [1.82, 2.24) is 4.90 Å². The van der Waals surface area contributed by atoms with Gasteiger partial charge in [0, 0.05) is 18.6 Å². The van der Waals surface area contributed by atoms with Gasteiger partial charge in [-0.05, 0) is 33.1 Å². The zero-order valence-corrected chi connectivity index (χ0v) is 9.87. The molecule has 0 amide bonds. The molecule has 1 heterocycles. The van der Waals surface area contributed by atoms with E-state index in [0.29, 0.717) is 12.1 Å². The Kier molecular flexibility index (Phi) is 4.90. The summed E-state index contributed by atoms with van der Waals surface area (Å²) in [5.41, 5.74) is 0. The maximum atomic E-state index is 9.80.